The summed E-state index contributed by atoms with van der Waals surface area (Å²) < 4.78 is 0. The number of nitrogens with zero attached hydrogens (tertiary/aromatic N) is 2. The molecule has 1 aromatic carbocycles. The number of fused-ring (bicyclic) bond motifs is 1. The number of aromatic amines is 1. The van der Waals surface area contributed by atoms with Gasteiger partial charge in [-0.2, -0.15) is 0 Å². The second-order valence-corrected chi connectivity index (χ2v) is 4.62. The van der Waals surface area contributed by atoms with E-state index < -0.39 is 12.6 Å². The molecule has 2 N–H and O–H groups in total. The molecule has 0 bridgehead atoms. The summed E-state index contributed by atoms with van der Waals surface area (Å²) in [4.78, 5) is 22.8. The van der Waals surface area contributed by atoms with E-state index in [0.717, 1.165) is 22.2 Å². The molecular weight excluding hydrogens is 282 g/mol. The molecular formula is C16H13N3O3. The zero-order valence-corrected chi connectivity index (χ0v) is 11.6. The van der Waals surface area contributed by atoms with Crippen molar-refractivity contribution in [1.29, 1.82) is 0 Å². The average molecular weight is 295 g/mol. The molecule has 0 atom stereocenters. The van der Waals surface area contributed by atoms with Crippen molar-refractivity contribution >= 4 is 22.6 Å². The Hall–Kier alpha value is -3.15. The van der Waals surface area contributed by atoms with Crippen LogP contribution in [-0.2, 0) is 9.63 Å². The first-order valence-electron chi connectivity index (χ1n) is 6.64. The Morgan fingerprint density at radius 3 is 2.82 bits per heavy atom. The van der Waals surface area contributed by atoms with Crippen molar-refractivity contribution in [3.05, 3.63) is 66.1 Å². The minimum atomic E-state index is -1.07. The Balaban J connectivity index is 2.02. The Morgan fingerprint density at radius 1 is 1.27 bits per heavy atom. The number of carboxylic acids is 1. The van der Waals surface area contributed by atoms with Crippen molar-refractivity contribution in [1.82, 2.24) is 9.97 Å². The summed E-state index contributed by atoms with van der Waals surface area (Å²) in [6.45, 7) is -0.488. The van der Waals surface area contributed by atoms with Crippen molar-refractivity contribution in [2.45, 2.75) is 0 Å². The summed E-state index contributed by atoms with van der Waals surface area (Å²) in [7, 11) is 0. The molecule has 0 aliphatic rings. The number of hydrogen-bond donors (Lipinski definition) is 2. The lowest BCUT2D eigenvalue weighted by Crippen LogP contribution is -2.08. The first kappa shape index (κ1) is 13.8. The van der Waals surface area contributed by atoms with Gasteiger partial charge >= 0.3 is 5.97 Å². The number of carbonyl (C=O) groups is 1. The van der Waals surface area contributed by atoms with E-state index in [4.69, 9.17) is 9.94 Å². The number of pyridine rings is 1. The maximum atomic E-state index is 10.6. The number of benzene rings is 1. The standard InChI is InChI=1S/C16H13N3O3/c20-15(21)10-22-19-16(11-4-2-1-3-5-11)13-8-12-6-7-17-9-14(12)18-13/h1-9,18H,10H2,(H,20,21)/b19-16+. The molecule has 2 aromatic heterocycles. The van der Waals surface area contributed by atoms with Crippen molar-refractivity contribution in [3.63, 3.8) is 0 Å². The van der Waals surface area contributed by atoms with Crippen LogP contribution in [0.15, 0.2) is 60.0 Å². The lowest BCUT2D eigenvalue weighted by Gasteiger charge is -2.04. The van der Waals surface area contributed by atoms with Gasteiger partial charge in [0.1, 0.15) is 5.71 Å². The zero-order chi connectivity index (χ0) is 15.4. The molecule has 0 fully saturated rings. The van der Waals surface area contributed by atoms with Gasteiger partial charge in [0.2, 0.25) is 6.61 Å². The quantitative estimate of drug-likeness (QED) is 0.559. The second-order valence-electron chi connectivity index (χ2n) is 4.62. The van der Waals surface area contributed by atoms with Gasteiger partial charge in [0.25, 0.3) is 0 Å². The third-order valence-corrected chi connectivity index (χ3v) is 3.07. The third kappa shape index (κ3) is 2.95. The van der Waals surface area contributed by atoms with E-state index in [0.29, 0.717) is 5.71 Å². The number of hydrogen-bond acceptors (Lipinski definition) is 4. The first-order chi connectivity index (χ1) is 10.7. The number of aliphatic carboxylic acids is 1. The molecule has 0 radical (unpaired) electrons. The van der Waals surface area contributed by atoms with Crippen molar-refractivity contribution in [2.75, 3.05) is 6.61 Å². The van der Waals surface area contributed by atoms with Crippen LogP contribution in [0.4, 0.5) is 0 Å². The molecule has 0 unspecified atom stereocenters. The number of oxime groups is 1. The molecule has 2 heterocycles. The lowest BCUT2D eigenvalue weighted by atomic mass is 10.1. The topological polar surface area (TPSA) is 87.6 Å². The van der Waals surface area contributed by atoms with Crippen LogP contribution in [-0.4, -0.2) is 33.4 Å². The Kier molecular flexibility index (Phi) is 3.82. The van der Waals surface area contributed by atoms with Crippen LogP contribution in [0.25, 0.3) is 10.9 Å². The third-order valence-electron chi connectivity index (χ3n) is 3.07. The van der Waals surface area contributed by atoms with Gasteiger partial charge in [0.05, 0.1) is 17.4 Å². The maximum absolute atomic E-state index is 10.6. The van der Waals surface area contributed by atoms with Gasteiger partial charge in [-0.25, -0.2) is 4.79 Å². The summed E-state index contributed by atoms with van der Waals surface area (Å²) in [5.41, 5.74) is 2.98. The van der Waals surface area contributed by atoms with Gasteiger partial charge < -0.3 is 14.9 Å². The van der Waals surface area contributed by atoms with Crippen LogP contribution >= 0.6 is 0 Å². The molecule has 6 nitrogen and oxygen atoms in total. The van der Waals surface area contributed by atoms with Gasteiger partial charge in [0.15, 0.2) is 0 Å². The van der Waals surface area contributed by atoms with Crippen LogP contribution in [0.1, 0.15) is 11.3 Å². The maximum Gasteiger partial charge on any atom is 0.344 e. The van der Waals surface area contributed by atoms with Crippen molar-refractivity contribution in [2.24, 2.45) is 5.16 Å². The molecule has 3 rings (SSSR count). The molecule has 6 heteroatoms. The van der Waals surface area contributed by atoms with E-state index in [1.807, 2.05) is 42.5 Å². The molecule has 110 valence electrons. The van der Waals surface area contributed by atoms with Gasteiger partial charge in [0, 0.05) is 17.1 Å². The Bertz CT molecular complexity index is 792. The van der Waals surface area contributed by atoms with Crippen LogP contribution in [0, 0.1) is 0 Å². The predicted molar refractivity (Wildman–Crippen MR) is 81.8 cm³/mol. The summed E-state index contributed by atoms with van der Waals surface area (Å²) in [6, 6.07) is 13.2. The first-order valence-corrected chi connectivity index (χ1v) is 6.64. The van der Waals surface area contributed by atoms with Crippen molar-refractivity contribution in [3.8, 4) is 0 Å². The molecule has 0 saturated heterocycles. The van der Waals surface area contributed by atoms with Crippen LogP contribution < -0.4 is 0 Å². The average Bonchev–Trinajstić information content (AvgIpc) is 2.95. The minimum Gasteiger partial charge on any atom is -0.479 e. The number of rotatable bonds is 5. The van der Waals surface area contributed by atoms with E-state index in [2.05, 4.69) is 15.1 Å². The fourth-order valence-electron chi connectivity index (χ4n) is 2.11. The summed E-state index contributed by atoms with van der Waals surface area (Å²) in [5.74, 6) is -1.07. The summed E-state index contributed by atoms with van der Waals surface area (Å²) >= 11 is 0. The van der Waals surface area contributed by atoms with Gasteiger partial charge in [-0.05, 0) is 12.1 Å². The predicted octanol–water partition coefficient (Wildman–Crippen LogP) is 2.42. The normalized spacial score (nSPS) is 11.5. The number of aromatic nitrogens is 2. The van der Waals surface area contributed by atoms with Crippen molar-refractivity contribution < 1.29 is 14.7 Å². The van der Waals surface area contributed by atoms with Crippen LogP contribution in [0.5, 0.6) is 0 Å². The van der Waals surface area contributed by atoms with Crippen LogP contribution in [0.2, 0.25) is 0 Å². The fourth-order valence-corrected chi connectivity index (χ4v) is 2.11. The lowest BCUT2D eigenvalue weighted by molar-refractivity contribution is -0.142. The van der Waals surface area contributed by atoms with Gasteiger partial charge in [-0.15, -0.1) is 0 Å². The van der Waals surface area contributed by atoms with E-state index >= 15 is 0 Å². The number of carboxylic acid groups (broad SMARTS) is 1. The highest BCUT2D eigenvalue weighted by Crippen LogP contribution is 2.17. The molecule has 3 aromatic rings. The summed E-state index contributed by atoms with van der Waals surface area (Å²) in [5, 5.41) is 13.6. The highest BCUT2D eigenvalue weighted by molar-refractivity contribution is 6.13. The molecule has 0 aliphatic carbocycles. The van der Waals surface area contributed by atoms with Crippen LogP contribution in [0.3, 0.4) is 0 Å². The highest BCUT2D eigenvalue weighted by atomic mass is 16.6. The molecule has 0 aliphatic heterocycles. The molecule has 0 saturated carbocycles. The van der Waals surface area contributed by atoms with Gasteiger partial charge in [-0.1, -0.05) is 35.5 Å². The monoisotopic (exact) mass is 295 g/mol. The minimum absolute atomic E-state index is 0.488. The number of H-pyrrole nitrogens is 1. The fraction of sp³-hybridized carbons (Fsp3) is 0.0625. The zero-order valence-electron chi connectivity index (χ0n) is 11.6. The van der Waals surface area contributed by atoms with E-state index in [9.17, 15) is 4.79 Å². The van der Waals surface area contributed by atoms with E-state index in [1.54, 1.807) is 12.4 Å². The van der Waals surface area contributed by atoms with E-state index in [1.165, 1.54) is 0 Å². The van der Waals surface area contributed by atoms with E-state index in [-0.39, 0.29) is 0 Å². The summed E-state index contributed by atoms with van der Waals surface area (Å²) in [6.07, 6.45) is 3.43. The second kappa shape index (κ2) is 6.09. The SMILES string of the molecule is O=C(O)CO/N=C(\c1ccccc1)c1cc2ccncc2[nH]1. The Morgan fingerprint density at radius 2 is 2.09 bits per heavy atom. The highest BCUT2D eigenvalue weighted by Gasteiger charge is 2.11. The molecule has 0 spiro atoms. The number of nitrogens with one attached hydrogen (secondary N) is 1. The molecule has 22 heavy (non-hydrogen) atoms. The molecule has 0 amide bonds. The smallest absolute Gasteiger partial charge is 0.344 e. The Labute approximate surface area is 126 Å². The largest absolute Gasteiger partial charge is 0.479 e. The van der Waals surface area contributed by atoms with Gasteiger partial charge in [-0.3, -0.25) is 4.98 Å².